The molecule has 0 spiro atoms. The number of rotatable bonds is 7. The molecule has 0 unspecified atom stereocenters. The highest BCUT2D eigenvalue weighted by Crippen LogP contribution is 2.24. The van der Waals surface area contributed by atoms with Crippen molar-refractivity contribution < 1.29 is 24.0 Å². The minimum atomic E-state index is -0.698. The number of carbonyl (C=O) groups excluding carboxylic acids is 2. The fraction of sp³-hybridized carbons (Fsp3) is 0.333. The van der Waals surface area contributed by atoms with Gasteiger partial charge in [-0.05, 0) is 35.6 Å². The number of nitro groups is 1. The number of nitro benzene ring substituents is 1. The first kappa shape index (κ1) is 21.9. The molecule has 2 aromatic carbocycles. The van der Waals surface area contributed by atoms with Crippen molar-refractivity contribution in [2.45, 2.75) is 33.1 Å². The van der Waals surface area contributed by atoms with Crippen molar-refractivity contribution in [1.29, 1.82) is 0 Å². The van der Waals surface area contributed by atoms with Crippen LogP contribution in [0.3, 0.4) is 0 Å². The molecule has 0 saturated heterocycles. The summed E-state index contributed by atoms with van der Waals surface area (Å²) >= 11 is 0. The Bertz CT molecular complexity index is 900. The van der Waals surface area contributed by atoms with E-state index in [0.29, 0.717) is 11.3 Å². The summed E-state index contributed by atoms with van der Waals surface area (Å²) < 4.78 is 10.2. The van der Waals surface area contributed by atoms with Gasteiger partial charge < -0.3 is 14.8 Å². The molecule has 2 aromatic rings. The Labute approximate surface area is 169 Å². The number of benzene rings is 2. The lowest BCUT2D eigenvalue weighted by molar-refractivity contribution is -0.384. The first-order chi connectivity index (χ1) is 13.6. The molecule has 0 aliphatic carbocycles. The van der Waals surface area contributed by atoms with Gasteiger partial charge in [-0.1, -0.05) is 39.0 Å². The topological polar surface area (TPSA) is 108 Å². The summed E-state index contributed by atoms with van der Waals surface area (Å²) in [6.45, 7) is 7.14. The molecular weight excluding hydrogens is 376 g/mol. The van der Waals surface area contributed by atoms with Crippen LogP contribution in [0.15, 0.2) is 42.5 Å². The van der Waals surface area contributed by atoms with Gasteiger partial charge in [-0.3, -0.25) is 14.9 Å². The van der Waals surface area contributed by atoms with E-state index in [-0.39, 0.29) is 23.4 Å². The minimum absolute atomic E-state index is 0.0162. The third kappa shape index (κ3) is 6.60. The quantitative estimate of drug-likeness (QED) is 0.431. The summed E-state index contributed by atoms with van der Waals surface area (Å²) in [5.74, 6) is -0.779. The SMILES string of the molecule is Cc1ccc([N+](=O)[O-])cc1NC(=O)COC(=O)COc1ccc(C(C)(C)C)cc1. The maximum Gasteiger partial charge on any atom is 0.344 e. The van der Waals surface area contributed by atoms with Gasteiger partial charge in [0.25, 0.3) is 11.6 Å². The molecule has 29 heavy (non-hydrogen) atoms. The van der Waals surface area contributed by atoms with Gasteiger partial charge in [-0.2, -0.15) is 0 Å². The maximum absolute atomic E-state index is 12.0. The van der Waals surface area contributed by atoms with Crippen molar-refractivity contribution in [2.24, 2.45) is 0 Å². The monoisotopic (exact) mass is 400 g/mol. The standard InChI is InChI=1S/C21H24N2O6/c1-14-5-8-16(23(26)27)11-18(14)22-19(24)12-29-20(25)13-28-17-9-6-15(7-10-17)21(2,3)4/h5-11H,12-13H2,1-4H3,(H,22,24). The lowest BCUT2D eigenvalue weighted by Crippen LogP contribution is -2.24. The van der Waals surface area contributed by atoms with Crippen molar-refractivity contribution in [3.63, 3.8) is 0 Å². The van der Waals surface area contributed by atoms with E-state index >= 15 is 0 Å². The van der Waals surface area contributed by atoms with Gasteiger partial charge in [0, 0.05) is 12.1 Å². The molecule has 0 saturated carbocycles. The second-order valence-electron chi connectivity index (χ2n) is 7.53. The number of hydrogen-bond donors (Lipinski definition) is 1. The van der Waals surface area contributed by atoms with Crippen LogP contribution >= 0.6 is 0 Å². The summed E-state index contributed by atoms with van der Waals surface area (Å²) in [4.78, 5) is 34.0. The fourth-order valence-corrected chi connectivity index (χ4v) is 2.43. The molecule has 8 heteroatoms. The number of nitrogens with zero attached hydrogens (tertiary/aromatic N) is 1. The van der Waals surface area contributed by atoms with Crippen molar-refractivity contribution in [3.05, 3.63) is 63.7 Å². The Morgan fingerprint density at radius 3 is 2.31 bits per heavy atom. The van der Waals surface area contributed by atoms with Crippen molar-refractivity contribution >= 4 is 23.3 Å². The van der Waals surface area contributed by atoms with Gasteiger partial charge in [0.2, 0.25) is 0 Å². The summed E-state index contributed by atoms with van der Waals surface area (Å²) in [5, 5.41) is 13.3. The highest BCUT2D eigenvalue weighted by molar-refractivity contribution is 5.93. The Kier molecular flexibility index (Phi) is 6.93. The number of carbonyl (C=O) groups is 2. The maximum atomic E-state index is 12.0. The first-order valence-electron chi connectivity index (χ1n) is 9.00. The Hall–Kier alpha value is -3.42. The first-order valence-corrected chi connectivity index (χ1v) is 9.00. The van der Waals surface area contributed by atoms with Crippen LogP contribution in [-0.4, -0.2) is 30.0 Å². The zero-order chi connectivity index (χ0) is 21.6. The molecule has 0 fully saturated rings. The van der Waals surface area contributed by atoms with E-state index in [1.165, 1.54) is 18.2 Å². The number of ether oxygens (including phenoxy) is 2. The van der Waals surface area contributed by atoms with Gasteiger partial charge in [-0.15, -0.1) is 0 Å². The van der Waals surface area contributed by atoms with Gasteiger partial charge in [0.05, 0.1) is 10.6 Å². The molecule has 0 bridgehead atoms. The largest absolute Gasteiger partial charge is 0.482 e. The number of esters is 1. The number of amides is 1. The van der Waals surface area contributed by atoms with Crippen LogP contribution in [-0.2, 0) is 19.7 Å². The fourth-order valence-electron chi connectivity index (χ4n) is 2.43. The smallest absolute Gasteiger partial charge is 0.344 e. The van der Waals surface area contributed by atoms with Gasteiger partial charge >= 0.3 is 5.97 Å². The molecular formula is C21H24N2O6. The van der Waals surface area contributed by atoms with Crippen molar-refractivity contribution in [2.75, 3.05) is 18.5 Å². The van der Waals surface area contributed by atoms with Crippen LogP contribution in [0.4, 0.5) is 11.4 Å². The lowest BCUT2D eigenvalue weighted by atomic mass is 9.87. The number of anilines is 1. The molecule has 0 heterocycles. The van der Waals surface area contributed by atoms with Crippen LogP contribution in [0.2, 0.25) is 0 Å². The third-order valence-corrected chi connectivity index (χ3v) is 4.15. The van der Waals surface area contributed by atoms with Crippen LogP contribution in [0.25, 0.3) is 0 Å². The molecule has 0 atom stereocenters. The average Bonchev–Trinajstić information content (AvgIpc) is 2.66. The lowest BCUT2D eigenvalue weighted by Gasteiger charge is -2.19. The van der Waals surface area contributed by atoms with Gasteiger partial charge in [-0.25, -0.2) is 4.79 Å². The van der Waals surface area contributed by atoms with Gasteiger partial charge in [0.15, 0.2) is 13.2 Å². The second kappa shape index (κ2) is 9.18. The van der Waals surface area contributed by atoms with Crippen LogP contribution < -0.4 is 10.1 Å². The van der Waals surface area contributed by atoms with E-state index in [9.17, 15) is 19.7 Å². The number of non-ortho nitro benzene ring substituents is 1. The van der Waals surface area contributed by atoms with E-state index < -0.39 is 23.4 Å². The van der Waals surface area contributed by atoms with Crippen LogP contribution in [0.1, 0.15) is 31.9 Å². The van der Waals surface area contributed by atoms with Crippen LogP contribution in [0, 0.1) is 17.0 Å². The van der Waals surface area contributed by atoms with E-state index in [4.69, 9.17) is 9.47 Å². The summed E-state index contributed by atoms with van der Waals surface area (Å²) in [6, 6.07) is 11.5. The van der Waals surface area contributed by atoms with Crippen molar-refractivity contribution in [3.8, 4) is 5.75 Å². The normalized spacial score (nSPS) is 10.9. The summed E-state index contributed by atoms with van der Waals surface area (Å²) in [7, 11) is 0. The molecule has 0 radical (unpaired) electrons. The number of hydrogen-bond acceptors (Lipinski definition) is 6. The molecule has 1 N–H and O–H groups in total. The Balaban J connectivity index is 1.81. The minimum Gasteiger partial charge on any atom is -0.482 e. The molecule has 1 amide bonds. The van der Waals surface area contributed by atoms with Crippen LogP contribution in [0.5, 0.6) is 5.75 Å². The Morgan fingerprint density at radius 1 is 1.07 bits per heavy atom. The molecule has 2 rings (SSSR count). The number of nitrogens with one attached hydrogen (secondary N) is 1. The highest BCUT2D eigenvalue weighted by Gasteiger charge is 2.15. The van der Waals surface area contributed by atoms with E-state index in [1.54, 1.807) is 19.1 Å². The molecule has 0 aliphatic rings. The summed E-state index contributed by atoms with van der Waals surface area (Å²) in [5.41, 5.74) is 1.95. The zero-order valence-electron chi connectivity index (χ0n) is 16.9. The summed E-state index contributed by atoms with van der Waals surface area (Å²) in [6.07, 6.45) is 0. The predicted molar refractivity (Wildman–Crippen MR) is 108 cm³/mol. The van der Waals surface area contributed by atoms with E-state index in [2.05, 4.69) is 26.1 Å². The van der Waals surface area contributed by atoms with E-state index in [1.807, 2.05) is 12.1 Å². The average molecular weight is 400 g/mol. The highest BCUT2D eigenvalue weighted by atomic mass is 16.6. The molecule has 0 aromatic heterocycles. The number of aryl methyl sites for hydroxylation is 1. The molecule has 154 valence electrons. The van der Waals surface area contributed by atoms with Crippen molar-refractivity contribution in [1.82, 2.24) is 0 Å². The Morgan fingerprint density at radius 2 is 1.72 bits per heavy atom. The molecule has 0 aliphatic heterocycles. The molecule has 8 nitrogen and oxygen atoms in total. The predicted octanol–water partition coefficient (Wildman–Crippen LogP) is 3.76. The second-order valence-corrected chi connectivity index (χ2v) is 7.53. The third-order valence-electron chi connectivity index (χ3n) is 4.15. The van der Waals surface area contributed by atoms with Gasteiger partial charge in [0.1, 0.15) is 5.75 Å². The zero-order valence-corrected chi connectivity index (χ0v) is 16.9. The van der Waals surface area contributed by atoms with E-state index in [0.717, 1.165) is 5.56 Å².